The van der Waals surface area contributed by atoms with E-state index in [-0.39, 0.29) is 27.7 Å². The SMILES string of the molecule is CCN(CC)Cc1cccc2c1C1(CC2(C)C)CC(C)(C)c2cc(O)c(O)c(CN(CC)CC)c21. The molecule has 4 rings (SSSR count). The predicted octanol–water partition coefficient (Wildman–Crippen LogP) is 6.43. The number of hydrogen-bond acceptors (Lipinski definition) is 4. The zero-order chi connectivity index (χ0) is 25.8. The van der Waals surface area contributed by atoms with Crippen LogP contribution < -0.4 is 0 Å². The Morgan fingerprint density at radius 1 is 0.743 bits per heavy atom. The summed E-state index contributed by atoms with van der Waals surface area (Å²) in [5, 5.41) is 22.1. The number of fused-ring (bicyclic) bond motifs is 4. The van der Waals surface area contributed by atoms with Crippen molar-refractivity contribution in [2.24, 2.45) is 0 Å². The maximum absolute atomic E-state index is 11.3. The molecular formula is C31H46N2O2. The molecule has 1 spiro atoms. The van der Waals surface area contributed by atoms with Gasteiger partial charge in [0.15, 0.2) is 11.5 Å². The van der Waals surface area contributed by atoms with Gasteiger partial charge in [0, 0.05) is 24.1 Å². The van der Waals surface area contributed by atoms with Crippen molar-refractivity contribution in [3.8, 4) is 11.5 Å². The number of hydrogen-bond donors (Lipinski definition) is 2. The van der Waals surface area contributed by atoms with E-state index in [2.05, 4.69) is 83.4 Å². The Labute approximate surface area is 213 Å². The topological polar surface area (TPSA) is 46.9 Å². The second-order valence-electron chi connectivity index (χ2n) is 12.1. The van der Waals surface area contributed by atoms with Crippen LogP contribution in [0.3, 0.4) is 0 Å². The zero-order valence-corrected chi connectivity index (χ0v) is 23.3. The van der Waals surface area contributed by atoms with Crippen molar-refractivity contribution in [1.29, 1.82) is 0 Å². The average Bonchev–Trinajstić information content (AvgIpc) is 3.17. The Balaban J connectivity index is 2.05. The normalized spacial score (nSPS) is 21.8. The summed E-state index contributed by atoms with van der Waals surface area (Å²) in [5.41, 5.74) is 7.53. The summed E-state index contributed by atoms with van der Waals surface area (Å²) in [4.78, 5) is 4.84. The van der Waals surface area contributed by atoms with Crippen molar-refractivity contribution < 1.29 is 10.2 Å². The third-order valence-corrected chi connectivity index (χ3v) is 9.00. The lowest BCUT2D eigenvalue weighted by molar-refractivity contribution is 0.282. The van der Waals surface area contributed by atoms with Crippen molar-refractivity contribution in [3.05, 3.63) is 57.6 Å². The predicted molar refractivity (Wildman–Crippen MR) is 146 cm³/mol. The standard InChI is InChI=1S/C31H46N2O2/c1-9-32(10-2)17-21-14-13-15-23-26(21)31(19-29(23,5)6)20-30(7,8)24-16-25(34)28(35)22(27(24)31)18-33(11-3)12-4/h13-16,34-35H,9-12,17-20H2,1-8H3. The molecule has 0 aliphatic heterocycles. The first-order valence-corrected chi connectivity index (χ1v) is 13.6. The number of phenols is 2. The van der Waals surface area contributed by atoms with Crippen LogP contribution >= 0.6 is 0 Å². The van der Waals surface area contributed by atoms with Gasteiger partial charge in [-0.3, -0.25) is 9.80 Å². The fourth-order valence-electron chi connectivity index (χ4n) is 7.41. The quantitative estimate of drug-likeness (QED) is 0.429. The Kier molecular flexibility index (Phi) is 6.78. The molecule has 1 unspecified atom stereocenters. The van der Waals surface area contributed by atoms with Crippen LogP contribution in [0.1, 0.15) is 102 Å². The minimum absolute atomic E-state index is 0.0185. The van der Waals surface area contributed by atoms with E-state index >= 15 is 0 Å². The van der Waals surface area contributed by atoms with Gasteiger partial charge >= 0.3 is 0 Å². The molecule has 0 bridgehead atoms. The van der Waals surface area contributed by atoms with Crippen LogP contribution in [0.4, 0.5) is 0 Å². The molecular weight excluding hydrogens is 432 g/mol. The summed E-state index contributed by atoms with van der Waals surface area (Å²) in [6.45, 7) is 23.7. The van der Waals surface area contributed by atoms with Crippen LogP contribution in [-0.4, -0.2) is 46.2 Å². The van der Waals surface area contributed by atoms with Crippen molar-refractivity contribution in [3.63, 3.8) is 0 Å². The molecule has 0 amide bonds. The van der Waals surface area contributed by atoms with E-state index in [1.807, 2.05) is 6.07 Å². The molecule has 2 N–H and O–H groups in total. The minimum Gasteiger partial charge on any atom is -0.504 e. The Bertz CT molecular complexity index is 1100. The summed E-state index contributed by atoms with van der Waals surface area (Å²) < 4.78 is 0. The molecule has 2 aliphatic rings. The monoisotopic (exact) mass is 478 g/mol. The highest BCUT2D eigenvalue weighted by Gasteiger charge is 2.58. The number of phenolic OH excluding ortho intramolecular Hbond substituents is 2. The van der Waals surface area contributed by atoms with Gasteiger partial charge < -0.3 is 10.2 Å². The number of rotatable bonds is 8. The molecule has 0 heterocycles. The first-order valence-electron chi connectivity index (χ1n) is 13.6. The number of nitrogens with zero attached hydrogens (tertiary/aromatic N) is 2. The fraction of sp³-hybridized carbons (Fsp3) is 0.613. The molecule has 4 heteroatoms. The summed E-state index contributed by atoms with van der Waals surface area (Å²) in [6.07, 6.45) is 2.02. The van der Waals surface area contributed by atoms with Crippen LogP contribution in [0, 0.1) is 0 Å². The van der Waals surface area contributed by atoms with Gasteiger partial charge in [-0.25, -0.2) is 0 Å². The summed E-state index contributed by atoms with van der Waals surface area (Å²) >= 11 is 0. The Morgan fingerprint density at radius 2 is 1.29 bits per heavy atom. The van der Waals surface area contributed by atoms with E-state index in [9.17, 15) is 10.2 Å². The third-order valence-electron chi connectivity index (χ3n) is 9.00. The van der Waals surface area contributed by atoms with Crippen LogP contribution in [0.5, 0.6) is 11.5 Å². The number of benzene rings is 2. The van der Waals surface area contributed by atoms with E-state index in [1.54, 1.807) is 0 Å². The fourth-order valence-corrected chi connectivity index (χ4v) is 7.41. The molecule has 2 aromatic carbocycles. The van der Waals surface area contributed by atoms with Gasteiger partial charge in [-0.2, -0.15) is 0 Å². The van der Waals surface area contributed by atoms with Crippen molar-refractivity contribution in [1.82, 2.24) is 9.80 Å². The molecule has 0 fully saturated rings. The lowest BCUT2D eigenvalue weighted by Crippen LogP contribution is -2.31. The minimum atomic E-state index is -0.172. The molecule has 0 saturated heterocycles. The second kappa shape index (κ2) is 9.12. The van der Waals surface area contributed by atoms with E-state index in [4.69, 9.17) is 0 Å². The van der Waals surface area contributed by atoms with Crippen LogP contribution in [-0.2, 0) is 29.3 Å². The Morgan fingerprint density at radius 3 is 1.86 bits per heavy atom. The maximum atomic E-state index is 11.3. The van der Waals surface area contributed by atoms with Crippen LogP contribution in [0.15, 0.2) is 24.3 Å². The molecule has 0 saturated carbocycles. The van der Waals surface area contributed by atoms with E-state index < -0.39 is 0 Å². The lowest BCUT2D eigenvalue weighted by Gasteiger charge is -2.34. The van der Waals surface area contributed by atoms with Crippen LogP contribution in [0.2, 0.25) is 0 Å². The van der Waals surface area contributed by atoms with E-state index in [1.165, 1.54) is 27.8 Å². The van der Waals surface area contributed by atoms with Gasteiger partial charge in [-0.1, -0.05) is 73.6 Å². The lowest BCUT2D eigenvalue weighted by atomic mass is 9.70. The van der Waals surface area contributed by atoms with Crippen molar-refractivity contribution in [2.75, 3.05) is 26.2 Å². The summed E-state index contributed by atoms with van der Waals surface area (Å²) in [7, 11) is 0. The molecule has 0 aromatic heterocycles. The molecule has 1 atom stereocenters. The van der Waals surface area contributed by atoms with Gasteiger partial charge in [-0.05, 0) is 83.7 Å². The molecule has 2 aromatic rings. The van der Waals surface area contributed by atoms with Crippen molar-refractivity contribution >= 4 is 0 Å². The largest absolute Gasteiger partial charge is 0.504 e. The summed E-state index contributed by atoms with van der Waals surface area (Å²) in [5.74, 6) is 0.0881. The van der Waals surface area contributed by atoms with Gasteiger partial charge in [0.25, 0.3) is 0 Å². The molecule has 0 radical (unpaired) electrons. The molecule has 192 valence electrons. The second-order valence-corrected chi connectivity index (χ2v) is 12.1. The molecule has 4 nitrogen and oxygen atoms in total. The number of aromatic hydroxyl groups is 2. The van der Waals surface area contributed by atoms with Gasteiger partial charge in [0.2, 0.25) is 0 Å². The summed E-state index contributed by atoms with van der Waals surface area (Å²) in [6, 6.07) is 8.77. The highest BCUT2D eigenvalue weighted by molar-refractivity contribution is 5.67. The van der Waals surface area contributed by atoms with Crippen molar-refractivity contribution in [2.45, 2.75) is 97.6 Å². The van der Waals surface area contributed by atoms with E-state index in [0.717, 1.165) is 51.1 Å². The first kappa shape index (κ1) is 26.0. The highest BCUT2D eigenvalue weighted by Crippen LogP contribution is 2.65. The highest BCUT2D eigenvalue weighted by atomic mass is 16.3. The zero-order valence-electron chi connectivity index (χ0n) is 23.3. The third kappa shape index (κ3) is 4.07. The van der Waals surface area contributed by atoms with Gasteiger partial charge in [-0.15, -0.1) is 0 Å². The van der Waals surface area contributed by atoms with Gasteiger partial charge in [0.1, 0.15) is 0 Å². The van der Waals surface area contributed by atoms with Gasteiger partial charge in [0.05, 0.1) is 0 Å². The van der Waals surface area contributed by atoms with Crippen LogP contribution in [0.25, 0.3) is 0 Å². The first-order chi connectivity index (χ1) is 16.5. The van der Waals surface area contributed by atoms with E-state index in [0.29, 0.717) is 6.54 Å². The average molecular weight is 479 g/mol. The maximum Gasteiger partial charge on any atom is 0.162 e. The Hall–Kier alpha value is -2.04. The smallest absolute Gasteiger partial charge is 0.162 e. The molecule has 35 heavy (non-hydrogen) atoms. The molecule has 2 aliphatic carbocycles.